The van der Waals surface area contributed by atoms with Gasteiger partial charge < -0.3 is 5.32 Å². The smallest absolute Gasteiger partial charge is 0.142 e. The molecule has 1 N–H and O–H groups in total. The molecule has 3 heteroatoms. The van der Waals surface area contributed by atoms with Crippen molar-refractivity contribution in [1.29, 1.82) is 0 Å². The minimum absolute atomic E-state index is 0.298. The summed E-state index contributed by atoms with van der Waals surface area (Å²) in [5.74, 6) is 0.285. The maximum Gasteiger partial charge on any atom is 0.142 e. The zero-order chi connectivity index (χ0) is 13.7. The molecule has 0 aromatic heterocycles. The van der Waals surface area contributed by atoms with Crippen molar-refractivity contribution in [3.8, 4) is 0 Å². The SMILES string of the molecule is CCCNC1CCCCC1Cc1cccc(F)c1Cl. The Morgan fingerprint density at radius 2 is 2.11 bits per heavy atom. The Bertz CT molecular complexity index is 408. The van der Waals surface area contributed by atoms with Gasteiger partial charge >= 0.3 is 0 Å². The number of hydrogen-bond acceptors (Lipinski definition) is 1. The number of nitrogens with one attached hydrogen (secondary N) is 1. The molecule has 1 aliphatic rings. The zero-order valence-corrected chi connectivity index (χ0v) is 12.3. The van der Waals surface area contributed by atoms with E-state index in [4.69, 9.17) is 11.6 Å². The fourth-order valence-corrected chi connectivity index (χ4v) is 3.24. The Morgan fingerprint density at radius 1 is 1.32 bits per heavy atom. The van der Waals surface area contributed by atoms with E-state index in [9.17, 15) is 4.39 Å². The molecule has 1 saturated carbocycles. The monoisotopic (exact) mass is 283 g/mol. The molecule has 0 heterocycles. The van der Waals surface area contributed by atoms with Crippen molar-refractivity contribution in [2.75, 3.05) is 6.54 Å². The maximum atomic E-state index is 13.5. The van der Waals surface area contributed by atoms with E-state index in [0.29, 0.717) is 17.0 Å². The van der Waals surface area contributed by atoms with E-state index in [0.717, 1.165) is 24.9 Å². The second kappa shape index (κ2) is 7.25. The van der Waals surface area contributed by atoms with Crippen LogP contribution in [0.1, 0.15) is 44.6 Å². The fourth-order valence-electron chi connectivity index (χ4n) is 3.04. The fraction of sp³-hybridized carbons (Fsp3) is 0.625. The Labute approximate surface area is 120 Å². The molecule has 2 unspecified atom stereocenters. The lowest BCUT2D eigenvalue weighted by atomic mass is 9.80. The van der Waals surface area contributed by atoms with Crippen LogP contribution >= 0.6 is 11.6 Å². The summed E-state index contributed by atoms with van der Waals surface area (Å²) in [4.78, 5) is 0. The van der Waals surface area contributed by atoms with Gasteiger partial charge in [0.05, 0.1) is 5.02 Å². The highest BCUT2D eigenvalue weighted by molar-refractivity contribution is 6.31. The average Bonchev–Trinajstić information content (AvgIpc) is 2.43. The molecule has 1 aromatic carbocycles. The molecular formula is C16H23ClFN. The first-order valence-corrected chi connectivity index (χ1v) is 7.76. The van der Waals surface area contributed by atoms with E-state index in [-0.39, 0.29) is 5.82 Å². The van der Waals surface area contributed by atoms with Crippen LogP contribution in [-0.4, -0.2) is 12.6 Å². The van der Waals surface area contributed by atoms with E-state index < -0.39 is 0 Å². The van der Waals surface area contributed by atoms with Crippen LogP contribution in [0.5, 0.6) is 0 Å². The normalized spacial score (nSPS) is 23.5. The molecule has 1 fully saturated rings. The van der Waals surface area contributed by atoms with Gasteiger partial charge in [0.25, 0.3) is 0 Å². The molecule has 106 valence electrons. The van der Waals surface area contributed by atoms with Crippen LogP contribution in [0.25, 0.3) is 0 Å². The first-order valence-electron chi connectivity index (χ1n) is 7.38. The van der Waals surface area contributed by atoms with Gasteiger partial charge in [0.15, 0.2) is 0 Å². The molecule has 0 saturated heterocycles. The van der Waals surface area contributed by atoms with Gasteiger partial charge in [-0.1, -0.05) is 43.5 Å². The van der Waals surface area contributed by atoms with Crippen molar-refractivity contribution in [1.82, 2.24) is 5.32 Å². The standard InChI is InChI=1S/C16H23ClFN/c1-2-10-19-15-9-4-3-6-12(15)11-13-7-5-8-14(18)16(13)17/h5,7-8,12,15,19H,2-4,6,9-11H2,1H3. The summed E-state index contributed by atoms with van der Waals surface area (Å²) in [6.07, 6.45) is 7.07. The van der Waals surface area contributed by atoms with Gasteiger partial charge in [0, 0.05) is 6.04 Å². The molecule has 0 spiro atoms. The predicted octanol–water partition coefficient (Wildman–Crippen LogP) is 4.58. The summed E-state index contributed by atoms with van der Waals surface area (Å²) in [5, 5.41) is 3.95. The van der Waals surface area contributed by atoms with E-state index in [2.05, 4.69) is 12.2 Å². The van der Waals surface area contributed by atoms with Gasteiger partial charge in [-0.15, -0.1) is 0 Å². The molecule has 1 aliphatic carbocycles. The molecule has 0 aliphatic heterocycles. The van der Waals surface area contributed by atoms with Crippen molar-refractivity contribution in [2.24, 2.45) is 5.92 Å². The second-order valence-corrected chi connectivity index (χ2v) is 5.90. The molecule has 0 bridgehead atoms. The zero-order valence-electron chi connectivity index (χ0n) is 11.6. The number of halogens is 2. The van der Waals surface area contributed by atoms with E-state index >= 15 is 0 Å². The lowest BCUT2D eigenvalue weighted by Crippen LogP contribution is -2.39. The topological polar surface area (TPSA) is 12.0 Å². The summed E-state index contributed by atoms with van der Waals surface area (Å²) in [5.41, 5.74) is 0.955. The van der Waals surface area contributed by atoms with Gasteiger partial charge in [0.1, 0.15) is 5.82 Å². The second-order valence-electron chi connectivity index (χ2n) is 5.52. The Hall–Kier alpha value is -0.600. The lowest BCUT2D eigenvalue weighted by molar-refractivity contribution is 0.261. The number of rotatable bonds is 5. The van der Waals surface area contributed by atoms with Gasteiger partial charge in [0.2, 0.25) is 0 Å². The van der Waals surface area contributed by atoms with E-state index in [1.165, 1.54) is 31.7 Å². The summed E-state index contributed by atoms with van der Waals surface area (Å²) >= 11 is 6.07. The minimum atomic E-state index is -0.298. The van der Waals surface area contributed by atoms with Crippen LogP contribution in [0.15, 0.2) is 18.2 Å². The van der Waals surface area contributed by atoms with Crippen LogP contribution in [0.3, 0.4) is 0 Å². The third-order valence-corrected chi connectivity index (χ3v) is 4.50. The lowest BCUT2D eigenvalue weighted by Gasteiger charge is -2.32. The quantitative estimate of drug-likeness (QED) is 0.834. The van der Waals surface area contributed by atoms with Crippen molar-refractivity contribution in [3.63, 3.8) is 0 Å². The molecule has 1 aromatic rings. The highest BCUT2D eigenvalue weighted by Gasteiger charge is 2.25. The number of benzene rings is 1. The summed E-state index contributed by atoms with van der Waals surface area (Å²) in [6, 6.07) is 5.71. The van der Waals surface area contributed by atoms with Crippen molar-refractivity contribution in [2.45, 2.75) is 51.5 Å². The highest BCUT2D eigenvalue weighted by Crippen LogP contribution is 2.30. The van der Waals surface area contributed by atoms with Crippen molar-refractivity contribution >= 4 is 11.6 Å². The summed E-state index contributed by atoms with van der Waals surface area (Å²) in [7, 11) is 0. The Morgan fingerprint density at radius 3 is 2.89 bits per heavy atom. The van der Waals surface area contributed by atoms with Gasteiger partial charge in [-0.25, -0.2) is 4.39 Å². The molecule has 2 rings (SSSR count). The first-order chi connectivity index (χ1) is 9.22. The molecule has 1 nitrogen and oxygen atoms in total. The van der Waals surface area contributed by atoms with Gasteiger partial charge in [-0.05, 0) is 49.8 Å². The van der Waals surface area contributed by atoms with Crippen LogP contribution in [-0.2, 0) is 6.42 Å². The van der Waals surface area contributed by atoms with Crippen LogP contribution < -0.4 is 5.32 Å². The minimum Gasteiger partial charge on any atom is -0.314 e. The molecule has 0 radical (unpaired) electrons. The summed E-state index contributed by atoms with van der Waals surface area (Å²) < 4.78 is 13.5. The van der Waals surface area contributed by atoms with Crippen LogP contribution in [0.2, 0.25) is 5.02 Å². The van der Waals surface area contributed by atoms with Crippen LogP contribution in [0, 0.1) is 11.7 Å². The molecule has 0 amide bonds. The largest absolute Gasteiger partial charge is 0.314 e. The van der Waals surface area contributed by atoms with Crippen molar-refractivity contribution in [3.05, 3.63) is 34.6 Å². The van der Waals surface area contributed by atoms with E-state index in [1.807, 2.05) is 6.07 Å². The molecule has 19 heavy (non-hydrogen) atoms. The third-order valence-electron chi connectivity index (χ3n) is 4.08. The summed E-state index contributed by atoms with van der Waals surface area (Å²) in [6.45, 7) is 3.26. The van der Waals surface area contributed by atoms with E-state index in [1.54, 1.807) is 6.07 Å². The molecular weight excluding hydrogens is 261 g/mol. The number of hydrogen-bond donors (Lipinski definition) is 1. The predicted molar refractivity (Wildman–Crippen MR) is 79.2 cm³/mol. The van der Waals surface area contributed by atoms with Gasteiger partial charge in [-0.3, -0.25) is 0 Å². The maximum absolute atomic E-state index is 13.5. The Balaban J connectivity index is 2.04. The van der Waals surface area contributed by atoms with Crippen molar-refractivity contribution < 1.29 is 4.39 Å². The highest BCUT2D eigenvalue weighted by atomic mass is 35.5. The molecule has 2 atom stereocenters. The first kappa shape index (κ1) is 14.8. The third kappa shape index (κ3) is 3.93. The van der Waals surface area contributed by atoms with Crippen LogP contribution in [0.4, 0.5) is 4.39 Å². The van der Waals surface area contributed by atoms with Gasteiger partial charge in [-0.2, -0.15) is 0 Å². The average molecular weight is 284 g/mol. The Kier molecular flexibility index (Phi) is 5.65.